The van der Waals surface area contributed by atoms with Crippen molar-refractivity contribution >= 4 is 51.6 Å². The minimum Gasteiger partial charge on any atom is -0.456 e. The van der Waals surface area contributed by atoms with E-state index in [0.29, 0.717) is 34.3 Å². The van der Waals surface area contributed by atoms with E-state index in [1.54, 1.807) is 11.5 Å². The number of rotatable bonds is 4. The molecule has 3 aliphatic rings. The Bertz CT molecular complexity index is 875. The van der Waals surface area contributed by atoms with Crippen LogP contribution in [-0.4, -0.2) is 51.4 Å². The minimum absolute atomic E-state index is 0.239. The van der Waals surface area contributed by atoms with Gasteiger partial charge in [0.15, 0.2) is 5.13 Å². The Labute approximate surface area is 157 Å². The molecule has 3 N–H and O–H groups in total. The summed E-state index contributed by atoms with van der Waals surface area (Å²) in [6.45, 7) is 2.15. The van der Waals surface area contributed by atoms with E-state index in [1.165, 1.54) is 28.0 Å². The Morgan fingerprint density at radius 2 is 2.35 bits per heavy atom. The molecule has 1 fully saturated rings. The fourth-order valence-corrected chi connectivity index (χ4v) is 5.04. The fourth-order valence-electron chi connectivity index (χ4n) is 3.15. The largest absolute Gasteiger partial charge is 0.456 e. The Kier molecular flexibility index (Phi) is 4.23. The molecule has 0 saturated carbocycles. The summed E-state index contributed by atoms with van der Waals surface area (Å²) in [5, 5.41) is 4.58. The van der Waals surface area contributed by atoms with Crippen molar-refractivity contribution < 1.29 is 19.1 Å². The number of anilines is 1. The Morgan fingerprint density at radius 3 is 3.04 bits per heavy atom. The lowest BCUT2D eigenvalue weighted by molar-refractivity contribution is -0.150. The van der Waals surface area contributed by atoms with Gasteiger partial charge in [-0.1, -0.05) is 13.0 Å². The number of nitrogens with two attached hydrogens (primary N) is 1. The molecule has 136 valence electrons. The van der Waals surface area contributed by atoms with Crippen LogP contribution >= 0.6 is 23.1 Å². The second kappa shape index (κ2) is 6.44. The molecule has 2 amide bonds. The summed E-state index contributed by atoms with van der Waals surface area (Å²) >= 11 is 2.77. The first-order valence-corrected chi connectivity index (χ1v) is 10.00. The Morgan fingerprint density at radius 1 is 1.54 bits per heavy atom. The first-order valence-electron chi connectivity index (χ1n) is 8.07. The number of carbonyl (C=O) groups excluding carboxylic acids is 3. The number of nitrogens with one attached hydrogen (secondary N) is 1. The molecule has 0 unspecified atom stereocenters. The maximum Gasteiger partial charge on any atom is 0.355 e. The average Bonchev–Trinajstić information content (AvgIpc) is 3.22. The summed E-state index contributed by atoms with van der Waals surface area (Å²) in [7, 11) is 0. The molecule has 3 aliphatic heterocycles. The number of nitrogens with zero attached hydrogens (tertiary/aromatic N) is 2. The Hall–Kier alpha value is -2.33. The van der Waals surface area contributed by atoms with E-state index in [2.05, 4.69) is 10.3 Å². The average molecular weight is 392 g/mol. The number of hydrogen-bond donors (Lipinski definition) is 2. The molecule has 1 aromatic rings. The standard InChI is InChI=1S/C16H16N4O4S2/c1-2-3-8(9-6-26-16(17)18-9)12(21)19-10-13(22)20-11-7(4-24-15(11)23)5-25-14(10)20/h3,6,10,14H,2,4-5H2,1H3,(H2,17,18)(H,19,21)/b8-3-/t10-,14-/m1/s1. The number of thioether (sulfide) groups is 1. The van der Waals surface area contributed by atoms with Crippen LogP contribution in [0.15, 0.2) is 22.7 Å². The van der Waals surface area contributed by atoms with Crippen molar-refractivity contribution in [2.45, 2.75) is 24.8 Å². The topological polar surface area (TPSA) is 115 Å². The number of amides is 2. The molecule has 2 atom stereocenters. The predicted octanol–water partition coefficient (Wildman–Crippen LogP) is 0.729. The summed E-state index contributed by atoms with van der Waals surface area (Å²) in [6, 6.07) is -0.675. The second-order valence-corrected chi connectivity index (χ2v) is 7.98. The number of cyclic esters (lactones) is 1. The number of carbonyl (C=O) groups is 3. The number of esters is 1. The molecule has 0 radical (unpaired) electrons. The van der Waals surface area contributed by atoms with Crippen LogP contribution in [0.25, 0.3) is 5.57 Å². The van der Waals surface area contributed by atoms with Crippen LogP contribution in [0, 0.1) is 0 Å². The number of thiazole rings is 1. The lowest BCUT2D eigenvalue weighted by atomic mass is 10.0. The van der Waals surface area contributed by atoms with Gasteiger partial charge in [-0.2, -0.15) is 0 Å². The fraction of sp³-hybridized carbons (Fsp3) is 0.375. The van der Waals surface area contributed by atoms with Gasteiger partial charge in [-0.05, 0) is 6.42 Å². The highest BCUT2D eigenvalue weighted by Gasteiger charge is 2.55. The third kappa shape index (κ3) is 2.60. The van der Waals surface area contributed by atoms with Gasteiger partial charge >= 0.3 is 5.97 Å². The van der Waals surface area contributed by atoms with Gasteiger partial charge in [-0.25, -0.2) is 9.78 Å². The van der Waals surface area contributed by atoms with Gasteiger partial charge in [0.2, 0.25) is 0 Å². The van der Waals surface area contributed by atoms with Crippen molar-refractivity contribution in [3.8, 4) is 0 Å². The summed E-state index contributed by atoms with van der Waals surface area (Å²) < 4.78 is 5.01. The van der Waals surface area contributed by atoms with Gasteiger partial charge in [-0.3, -0.25) is 14.5 Å². The monoisotopic (exact) mass is 392 g/mol. The van der Waals surface area contributed by atoms with Gasteiger partial charge in [0, 0.05) is 16.7 Å². The molecule has 10 heteroatoms. The normalized spacial score (nSPS) is 24.8. The molecule has 8 nitrogen and oxygen atoms in total. The van der Waals surface area contributed by atoms with Crippen LogP contribution in [0.2, 0.25) is 0 Å². The molecule has 0 bridgehead atoms. The maximum absolute atomic E-state index is 12.7. The van der Waals surface area contributed by atoms with Crippen molar-refractivity contribution in [3.63, 3.8) is 0 Å². The van der Waals surface area contributed by atoms with E-state index < -0.39 is 12.0 Å². The smallest absolute Gasteiger partial charge is 0.355 e. The SMILES string of the molecule is CC/C=C(\C(=O)N[C@@H]1C(=O)N2C3=C(COC3=O)CS[C@H]12)c1csc(N)n1. The third-order valence-corrected chi connectivity index (χ3v) is 6.37. The Balaban J connectivity index is 1.51. The van der Waals surface area contributed by atoms with Crippen molar-refractivity contribution in [3.05, 3.63) is 28.4 Å². The number of β-lactam (4-membered cyclic amide) rings is 1. The van der Waals surface area contributed by atoms with Crippen LogP contribution in [0.1, 0.15) is 19.0 Å². The number of fused-ring (bicyclic) bond motifs is 2. The minimum atomic E-state index is -0.675. The molecule has 0 aliphatic carbocycles. The summed E-state index contributed by atoms with van der Waals surface area (Å²) in [4.78, 5) is 42.7. The number of hydrogen-bond acceptors (Lipinski definition) is 8. The quantitative estimate of drug-likeness (QED) is 0.441. The lowest BCUT2D eigenvalue weighted by Gasteiger charge is -2.48. The zero-order chi connectivity index (χ0) is 18.4. The van der Waals surface area contributed by atoms with Crippen LogP contribution in [0.5, 0.6) is 0 Å². The van der Waals surface area contributed by atoms with E-state index in [4.69, 9.17) is 10.5 Å². The molecule has 1 aromatic heterocycles. The van der Waals surface area contributed by atoms with Crippen molar-refractivity contribution in [2.75, 3.05) is 18.1 Å². The first kappa shape index (κ1) is 17.1. The van der Waals surface area contributed by atoms with Crippen LogP contribution in [0.3, 0.4) is 0 Å². The van der Waals surface area contributed by atoms with Gasteiger partial charge in [0.05, 0.1) is 11.3 Å². The summed E-state index contributed by atoms with van der Waals surface area (Å²) in [5.74, 6) is -0.518. The van der Waals surface area contributed by atoms with Crippen LogP contribution in [0.4, 0.5) is 5.13 Å². The maximum atomic E-state index is 12.7. The zero-order valence-electron chi connectivity index (χ0n) is 13.9. The molecule has 26 heavy (non-hydrogen) atoms. The highest BCUT2D eigenvalue weighted by molar-refractivity contribution is 8.00. The molecule has 0 spiro atoms. The zero-order valence-corrected chi connectivity index (χ0v) is 15.5. The van der Waals surface area contributed by atoms with E-state index >= 15 is 0 Å². The van der Waals surface area contributed by atoms with Gasteiger partial charge < -0.3 is 15.8 Å². The molecule has 0 aromatic carbocycles. The molecular weight excluding hydrogens is 376 g/mol. The van der Waals surface area contributed by atoms with E-state index in [-0.39, 0.29) is 23.8 Å². The van der Waals surface area contributed by atoms with Gasteiger partial charge in [0.1, 0.15) is 23.7 Å². The van der Waals surface area contributed by atoms with Crippen molar-refractivity contribution in [1.82, 2.24) is 15.2 Å². The van der Waals surface area contributed by atoms with Gasteiger partial charge in [0.25, 0.3) is 11.8 Å². The number of allylic oxidation sites excluding steroid dienone is 1. The predicted molar refractivity (Wildman–Crippen MR) is 97.8 cm³/mol. The number of nitrogen functional groups attached to an aromatic ring is 1. The first-order chi connectivity index (χ1) is 12.5. The third-order valence-electron chi connectivity index (χ3n) is 4.36. The lowest BCUT2D eigenvalue weighted by Crippen LogP contribution is -2.70. The molecule has 4 heterocycles. The highest BCUT2D eigenvalue weighted by atomic mass is 32.2. The number of ether oxygens (including phenoxy) is 1. The highest BCUT2D eigenvalue weighted by Crippen LogP contribution is 2.42. The van der Waals surface area contributed by atoms with Crippen molar-refractivity contribution in [1.29, 1.82) is 0 Å². The van der Waals surface area contributed by atoms with Gasteiger partial charge in [-0.15, -0.1) is 23.1 Å². The molecular formula is C16H16N4O4S2. The van der Waals surface area contributed by atoms with Crippen LogP contribution in [-0.2, 0) is 19.1 Å². The summed E-state index contributed by atoms with van der Waals surface area (Å²) in [6.07, 6.45) is 2.40. The van der Waals surface area contributed by atoms with E-state index in [9.17, 15) is 14.4 Å². The molecule has 1 saturated heterocycles. The molecule has 4 rings (SSSR count). The number of aromatic nitrogens is 1. The van der Waals surface area contributed by atoms with E-state index in [1.807, 2.05) is 6.92 Å². The van der Waals surface area contributed by atoms with Crippen LogP contribution < -0.4 is 11.1 Å². The van der Waals surface area contributed by atoms with Crippen molar-refractivity contribution in [2.24, 2.45) is 0 Å². The summed E-state index contributed by atoms with van der Waals surface area (Å²) in [5.41, 5.74) is 7.73. The van der Waals surface area contributed by atoms with E-state index in [0.717, 1.165) is 5.57 Å². The second-order valence-electron chi connectivity index (χ2n) is 5.99.